The number of hydrogen-bond donors (Lipinski definition) is 1. The van der Waals surface area contributed by atoms with Gasteiger partial charge in [-0.2, -0.15) is 0 Å². The lowest BCUT2D eigenvalue weighted by molar-refractivity contribution is 1.09. The highest BCUT2D eigenvalue weighted by Crippen LogP contribution is 2.40. The molecular weight excluding hydrogens is 310 g/mol. The molecule has 1 aliphatic carbocycles. The van der Waals surface area contributed by atoms with Crippen LogP contribution in [0.25, 0.3) is 27.8 Å². The van der Waals surface area contributed by atoms with Crippen LogP contribution in [0.1, 0.15) is 24.3 Å². The van der Waals surface area contributed by atoms with E-state index in [1.807, 2.05) is 42.7 Å². The number of aromatic amines is 1. The summed E-state index contributed by atoms with van der Waals surface area (Å²) in [6.45, 7) is 0. The average Bonchev–Trinajstić information content (AvgIpc) is 3.41. The number of aromatic nitrogens is 3. The fraction of sp³-hybridized carbons (Fsp3) is 0.143. The van der Waals surface area contributed by atoms with Crippen LogP contribution in [-0.2, 0) is 0 Å². The van der Waals surface area contributed by atoms with E-state index in [1.54, 1.807) is 6.20 Å². The van der Waals surface area contributed by atoms with E-state index in [4.69, 9.17) is 0 Å². The lowest BCUT2D eigenvalue weighted by atomic mass is 10.1. The van der Waals surface area contributed by atoms with E-state index in [-0.39, 0.29) is 5.56 Å². The first-order valence-corrected chi connectivity index (χ1v) is 8.55. The van der Waals surface area contributed by atoms with Crippen LogP contribution in [0.3, 0.4) is 0 Å². The molecular formula is C21H17N3O. The van der Waals surface area contributed by atoms with Crippen molar-refractivity contribution in [1.82, 2.24) is 14.5 Å². The molecule has 4 heteroatoms. The maximum Gasteiger partial charge on any atom is 0.255 e. The van der Waals surface area contributed by atoms with Crippen molar-refractivity contribution in [2.45, 2.75) is 18.8 Å². The molecule has 0 spiro atoms. The lowest BCUT2D eigenvalue weighted by Gasteiger charge is -2.07. The molecule has 4 aromatic rings. The second kappa shape index (κ2) is 5.45. The second-order valence-electron chi connectivity index (χ2n) is 6.60. The van der Waals surface area contributed by atoms with Crippen LogP contribution in [0.5, 0.6) is 0 Å². The molecule has 0 saturated heterocycles. The number of benzene rings is 2. The first-order chi connectivity index (χ1) is 12.3. The molecule has 0 amide bonds. The number of H-pyrrole nitrogens is 1. The van der Waals surface area contributed by atoms with E-state index in [9.17, 15) is 4.79 Å². The minimum Gasteiger partial charge on any atom is -0.329 e. The van der Waals surface area contributed by atoms with Gasteiger partial charge in [-0.15, -0.1) is 0 Å². The smallest absolute Gasteiger partial charge is 0.255 e. The summed E-state index contributed by atoms with van der Waals surface area (Å²) in [6, 6.07) is 18.2. The van der Waals surface area contributed by atoms with Crippen LogP contribution in [-0.4, -0.2) is 14.5 Å². The third kappa shape index (κ3) is 2.47. The molecule has 2 heterocycles. The predicted molar refractivity (Wildman–Crippen MR) is 99.1 cm³/mol. The topological polar surface area (TPSA) is 50.7 Å². The fourth-order valence-electron chi connectivity index (χ4n) is 3.38. The predicted octanol–water partition coefficient (Wildman–Crippen LogP) is 4.26. The van der Waals surface area contributed by atoms with E-state index in [0.29, 0.717) is 5.56 Å². The maximum absolute atomic E-state index is 12.1. The molecule has 2 aromatic heterocycles. The van der Waals surface area contributed by atoms with Gasteiger partial charge >= 0.3 is 0 Å². The van der Waals surface area contributed by atoms with Crippen molar-refractivity contribution in [3.05, 3.63) is 83.0 Å². The van der Waals surface area contributed by atoms with E-state index < -0.39 is 0 Å². The number of imidazole rings is 1. The summed E-state index contributed by atoms with van der Waals surface area (Å²) in [5.74, 6) is 0.725. The van der Waals surface area contributed by atoms with Crippen LogP contribution in [0.2, 0.25) is 0 Å². The monoisotopic (exact) mass is 327 g/mol. The second-order valence-corrected chi connectivity index (χ2v) is 6.60. The molecule has 0 atom stereocenters. The zero-order valence-electron chi connectivity index (χ0n) is 13.6. The lowest BCUT2D eigenvalue weighted by Crippen LogP contribution is -2.07. The largest absolute Gasteiger partial charge is 0.329 e. The van der Waals surface area contributed by atoms with Gasteiger partial charge in [0.1, 0.15) is 6.33 Å². The summed E-state index contributed by atoms with van der Waals surface area (Å²) in [5, 5.41) is 0. The van der Waals surface area contributed by atoms with Gasteiger partial charge in [0.15, 0.2) is 0 Å². The van der Waals surface area contributed by atoms with E-state index in [2.05, 4.69) is 32.7 Å². The molecule has 122 valence electrons. The SMILES string of the molecule is O=c1[nH]cccc1-c1cccc(-n2cnc3cc(C4CC4)ccc32)c1. The Balaban J connectivity index is 1.62. The Hall–Kier alpha value is -3.14. The zero-order valence-corrected chi connectivity index (χ0v) is 13.6. The summed E-state index contributed by atoms with van der Waals surface area (Å²) >= 11 is 0. The van der Waals surface area contributed by atoms with Gasteiger partial charge in [-0.1, -0.05) is 18.2 Å². The Bertz CT molecular complexity index is 1140. The molecule has 2 aromatic carbocycles. The van der Waals surface area contributed by atoms with Gasteiger partial charge in [0.25, 0.3) is 5.56 Å². The first kappa shape index (κ1) is 14.2. The Morgan fingerprint density at radius 2 is 1.96 bits per heavy atom. The molecule has 0 radical (unpaired) electrons. The normalized spacial score (nSPS) is 14.1. The highest BCUT2D eigenvalue weighted by molar-refractivity contribution is 5.79. The van der Waals surface area contributed by atoms with Crippen LogP contribution in [0.15, 0.2) is 71.9 Å². The molecule has 1 aliphatic rings. The van der Waals surface area contributed by atoms with Gasteiger partial charge in [-0.3, -0.25) is 9.36 Å². The van der Waals surface area contributed by atoms with Crippen molar-refractivity contribution in [3.63, 3.8) is 0 Å². The Morgan fingerprint density at radius 3 is 2.80 bits per heavy atom. The highest BCUT2D eigenvalue weighted by atomic mass is 16.1. The van der Waals surface area contributed by atoms with E-state index in [1.165, 1.54) is 18.4 Å². The van der Waals surface area contributed by atoms with Crippen LogP contribution >= 0.6 is 0 Å². The number of nitrogens with zero attached hydrogens (tertiary/aromatic N) is 2. The summed E-state index contributed by atoms with van der Waals surface area (Å²) < 4.78 is 2.08. The molecule has 25 heavy (non-hydrogen) atoms. The summed E-state index contributed by atoms with van der Waals surface area (Å²) in [6.07, 6.45) is 6.09. The number of pyridine rings is 1. The van der Waals surface area contributed by atoms with Gasteiger partial charge in [-0.05, 0) is 66.3 Å². The number of hydrogen-bond acceptors (Lipinski definition) is 2. The summed E-state index contributed by atoms with van der Waals surface area (Å²) in [7, 11) is 0. The molecule has 5 rings (SSSR count). The van der Waals surface area contributed by atoms with Crippen LogP contribution in [0.4, 0.5) is 0 Å². The minimum atomic E-state index is -0.0794. The third-order valence-corrected chi connectivity index (χ3v) is 4.87. The van der Waals surface area contributed by atoms with Crippen LogP contribution < -0.4 is 5.56 Å². The number of fused-ring (bicyclic) bond motifs is 1. The third-order valence-electron chi connectivity index (χ3n) is 4.87. The summed E-state index contributed by atoms with van der Waals surface area (Å²) in [5.41, 5.74) is 5.99. The first-order valence-electron chi connectivity index (χ1n) is 8.55. The zero-order chi connectivity index (χ0) is 16.8. The quantitative estimate of drug-likeness (QED) is 0.611. The Labute approximate surface area is 144 Å². The van der Waals surface area contributed by atoms with Gasteiger partial charge in [-0.25, -0.2) is 4.98 Å². The van der Waals surface area contributed by atoms with Gasteiger partial charge in [0.05, 0.1) is 11.0 Å². The average molecular weight is 327 g/mol. The van der Waals surface area contributed by atoms with E-state index in [0.717, 1.165) is 28.2 Å². The molecule has 0 unspecified atom stereocenters. The molecule has 0 aliphatic heterocycles. The van der Waals surface area contributed by atoms with Crippen molar-refractivity contribution in [1.29, 1.82) is 0 Å². The van der Waals surface area contributed by atoms with Gasteiger partial charge in [0.2, 0.25) is 0 Å². The number of nitrogens with one attached hydrogen (secondary N) is 1. The van der Waals surface area contributed by atoms with Crippen molar-refractivity contribution < 1.29 is 0 Å². The maximum atomic E-state index is 12.1. The van der Waals surface area contributed by atoms with Crippen molar-refractivity contribution in [2.24, 2.45) is 0 Å². The van der Waals surface area contributed by atoms with Crippen LogP contribution in [0, 0.1) is 0 Å². The Morgan fingerprint density at radius 1 is 1.04 bits per heavy atom. The van der Waals surface area contributed by atoms with Crippen molar-refractivity contribution in [2.75, 3.05) is 0 Å². The number of rotatable bonds is 3. The minimum absolute atomic E-state index is 0.0794. The van der Waals surface area contributed by atoms with Gasteiger partial charge < -0.3 is 4.98 Å². The summed E-state index contributed by atoms with van der Waals surface area (Å²) in [4.78, 5) is 19.4. The molecule has 1 fully saturated rings. The van der Waals surface area contributed by atoms with E-state index >= 15 is 0 Å². The highest BCUT2D eigenvalue weighted by Gasteiger charge is 2.23. The fourth-order valence-corrected chi connectivity index (χ4v) is 3.38. The standard InChI is InChI=1S/C21H17N3O/c25-21-18(5-2-10-22-21)16-3-1-4-17(11-16)24-13-23-19-12-15(14-6-7-14)8-9-20(19)24/h1-5,8-14H,6-7H2,(H,22,25). The van der Waals surface area contributed by atoms with Crippen molar-refractivity contribution >= 4 is 11.0 Å². The molecule has 0 bridgehead atoms. The molecule has 1 N–H and O–H groups in total. The molecule has 1 saturated carbocycles. The molecule has 4 nitrogen and oxygen atoms in total. The van der Waals surface area contributed by atoms with Gasteiger partial charge in [0, 0.05) is 17.4 Å². The van der Waals surface area contributed by atoms with Crippen molar-refractivity contribution in [3.8, 4) is 16.8 Å². The Kier molecular flexibility index (Phi) is 3.10.